The van der Waals surface area contributed by atoms with Crippen LogP contribution in [-0.4, -0.2) is 127 Å². The van der Waals surface area contributed by atoms with Gasteiger partial charge in [-0.15, -0.1) is 23.5 Å². The molecule has 63 heavy (non-hydrogen) atoms. The smallest absolute Gasteiger partial charge is 0.223 e. The SMILES string of the molecule is CCC(C)OCSCCCCCN(C)CCCCCCNC(=O)CCCCCC(CCCC1CC1NC(C)=O)C(=O)NCCCCCC(O)N(C)CCCCCSCOC(C)CC. The minimum absolute atomic E-state index is 0.0158. The molecule has 0 aromatic heterocycles. The van der Waals surface area contributed by atoms with Crippen molar-refractivity contribution in [1.82, 2.24) is 25.8 Å². The molecule has 6 atom stereocenters. The molecular weight excluding hydrogens is 831 g/mol. The van der Waals surface area contributed by atoms with Gasteiger partial charge in [-0.25, -0.2) is 0 Å². The first-order valence-electron chi connectivity index (χ1n) is 25.7. The number of ether oxygens (including phenoxy) is 2. The Balaban J connectivity index is 2.18. The van der Waals surface area contributed by atoms with E-state index in [0.717, 1.165) is 146 Å². The molecule has 1 saturated carbocycles. The number of rotatable bonds is 46. The minimum Gasteiger partial charge on any atom is -0.378 e. The van der Waals surface area contributed by atoms with Crippen LogP contribution in [0.1, 0.15) is 195 Å². The molecule has 13 heteroatoms. The van der Waals surface area contributed by atoms with Gasteiger partial charge in [0, 0.05) is 44.9 Å². The van der Waals surface area contributed by atoms with Crippen molar-refractivity contribution in [1.29, 1.82) is 0 Å². The summed E-state index contributed by atoms with van der Waals surface area (Å²) in [5.41, 5.74) is 0. The molecular formula is C50H99N5O6S2. The van der Waals surface area contributed by atoms with Crippen LogP contribution in [0.5, 0.6) is 0 Å². The van der Waals surface area contributed by atoms with Gasteiger partial charge in [0.05, 0.1) is 24.1 Å². The second-order valence-corrected chi connectivity index (χ2v) is 20.7. The molecule has 1 rings (SSSR count). The molecule has 1 fully saturated rings. The van der Waals surface area contributed by atoms with Crippen LogP contribution < -0.4 is 16.0 Å². The normalized spacial score (nSPS) is 16.9. The Kier molecular flexibility index (Phi) is 39.1. The summed E-state index contributed by atoms with van der Waals surface area (Å²) in [5, 5.41) is 20.0. The second kappa shape index (κ2) is 41.1. The number of aliphatic hydroxyl groups excluding tert-OH is 1. The van der Waals surface area contributed by atoms with E-state index >= 15 is 0 Å². The second-order valence-electron chi connectivity index (χ2n) is 18.6. The fraction of sp³-hybridized carbons (Fsp3) is 0.940. The standard InChI is InChI=1S/C50H99N5O6S2/c1-8-42(3)60-40-62-37-24-14-22-35-54(6)34-21-11-10-19-32-51-48(57)30-17-12-16-27-45(28-26-29-46-39-47(46)53-44(5)56)50(59)52-33-20-13-18-31-49(58)55(7)36-23-15-25-38-63-41-61-43(4)9-2/h42-43,45-47,49,58H,8-41H2,1-7H3,(H,51,57)(H,52,59)(H,53,56). The average Bonchev–Trinajstić information content (AvgIpc) is 4.00. The van der Waals surface area contributed by atoms with Crippen LogP contribution in [0, 0.1) is 11.8 Å². The van der Waals surface area contributed by atoms with E-state index in [1.165, 1.54) is 57.2 Å². The minimum atomic E-state index is -0.418. The summed E-state index contributed by atoms with van der Waals surface area (Å²) < 4.78 is 11.5. The van der Waals surface area contributed by atoms with Crippen molar-refractivity contribution in [3.63, 3.8) is 0 Å². The topological polar surface area (TPSA) is 132 Å². The van der Waals surface area contributed by atoms with Gasteiger partial charge < -0.3 is 35.4 Å². The first-order valence-corrected chi connectivity index (χ1v) is 28.0. The van der Waals surface area contributed by atoms with Crippen LogP contribution >= 0.6 is 23.5 Å². The van der Waals surface area contributed by atoms with E-state index in [0.29, 0.717) is 37.1 Å². The van der Waals surface area contributed by atoms with E-state index in [1.54, 1.807) is 6.92 Å². The largest absolute Gasteiger partial charge is 0.378 e. The highest BCUT2D eigenvalue weighted by Gasteiger charge is 2.37. The highest BCUT2D eigenvalue weighted by molar-refractivity contribution is 7.99. The third-order valence-electron chi connectivity index (χ3n) is 12.7. The van der Waals surface area contributed by atoms with E-state index in [4.69, 9.17) is 9.47 Å². The van der Waals surface area contributed by atoms with Crippen LogP contribution in [-0.2, 0) is 23.9 Å². The highest BCUT2D eigenvalue weighted by atomic mass is 32.2. The Morgan fingerprint density at radius 2 is 1.19 bits per heavy atom. The molecule has 4 N–H and O–H groups in total. The summed E-state index contributed by atoms with van der Waals surface area (Å²) in [6, 6.07) is 0.306. The zero-order valence-electron chi connectivity index (χ0n) is 41.7. The van der Waals surface area contributed by atoms with Crippen molar-refractivity contribution < 1.29 is 29.0 Å². The Morgan fingerprint density at radius 1 is 0.667 bits per heavy atom. The number of carbonyl (C=O) groups is 3. The molecule has 0 aromatic carbocycles. The number of nitrogens with zero attached hydrogens (tertiary/aromatic N) is 2. The number of thioether (sulfide) groups is 2. The van der Waals surface area contributed by atoms with Crippen molar-refractivity contribution >= 4 is 41.2 Å². The van der Waals surface area contributed by atoms with E-state index in [2.05, 4.69) is 60.5 Å². The monoisotopic (exact) mass is 930 g/mol. The van der Waals surface area contributed by atoms with Crippen LogP contribution in [0.15, 0.2) is 0 Å². The molecule has 0 saturated heterocycles. The first kappa shape index (κ1) is 59.9. The van der Waals surface area contributed by atoms with Crippen molar-refractivity contribution in [2.45, 2.75) is 220 Å². The molecule has 6 unspecified atom stereocenters. The predicted octanol–water partition coefficient (Wildman–Crippen LogP) is 10.1. The van der Waals surface area contributed by atoms with Crippen molar-refractivity contribution in [2.75, 3.05) is 70.2 Å². The van der Waals surface area contributed by atoms with Crippen LogP contribution in [0.4, 0.5) is 0 Å². The van der Waals surface area contributed by atoms with E-state index in [1.807, 2.05) is 30.6 Å². The molecule has 3 amide bonds. The molecule has 0 spiro atoms. The number of carbonyl (C=O) groups excluding carboxylic acids is 3. The van der Waals surface area contributed by atoms with Gasteiger partial charge in [-0.2, -0.15) is 0 Å². The van der Waals surface area contributed by atoms with E-state index in [-0.39, 0.29) is 23.6 Å². The quantitative estimate of drug-likeness (QED) is 0.0346. The molecule has 0 aromatic rings. The maximum absolute atomic E-state index is 13.4. The van der Waals surface area contributed by atoms with Gasteiger partial charge in [0.25, 0.3) is 0 Å². The molecule has 0 radical (unpaired) electrons. The highest BCUT2D eigenvalue weighted by Crippen LogP contribution is 2.36. The van der Waals surface area contributed by atoms with Crippen molar-refractivity contribution in [3.05, 3.63) is 0 Å². The fourth-order valence-electron chi connectivity index (χ4n) is 7.72. The summed E-state index contributed by atoms with van der Waals surface area (Å²) in [6.45, 7) is 14.8. The Morgan fingerprint density at radius 3 is 1.81 bits per heavy atom. The number of hydrogen-bond donors (Lipinski definition) is 4. The van der Waals surface area contributed by atoms with Crippen LogP contribution in [0.2, 0.25) is 0 Å². The first-order chi connectivity index (χ1) is 30.5. The Labute approximate surface area is 396 Å². The fourth-order valence-corrected chi connectivity index (χ4v) is 9.43. The predicted molar refractivity (Wildman–Crippen MR) is 269 cm³/mol. The van der Waals surface area contributed by atoms with Crippen molar-refractivity contribution in [3.8, 4) is 0 Å². The maximum atomic E-state index is 13.4. The summed E-state index contributed by atoms with van der Waals surface area (Å²) in [6.07, 6.45) is 26.0. The zero-order valence-corrected chi connectivity index (χ0v) is 43.3. The van der Waals surface area contributed by atoms with Crippen LogP contribution in [0.25, 0.3) is 0 Å². The molecule has 0 aliphatic heterocycles. The van der Waals surface area contributed by atoms with Gasteiger partial charge >= 0.3 is 0 Å². The summed E-state index contributed by atoms with van der Waals surface area (Å²) in [5.74, 6) is 4.76. The Bertz CT molecular complexity index is 1110. The van der Waals surface area contributed by atoms with Gasteiger partial charge in [-0.05, 0) is 161 Å². The van der Waals surface area contributed by atoms with Crippen molar-refractivity contribution in [2.24, 2.45) is 11.8 Å². The van der Waals surface area contributed by atoms with Gasteiger partial charge in [0.1, 0.15) is 6.23 Å². The average molecular weight is 931 g/mol. The maximum Gasteiger partial charge on any atom is 0.223 e. The molecule has 0 bridgehead atoms. The number of amides is 3. The number of nitrogens with one attached hydrogen (secondary N) is 3. The molecule has 1 aliphatic carbocycles. The lowest BCUT2D eigenvalue weighted by molar-refractivity contribution is -0.125. The zero-order chi connectivity index (χ0) is 46.3. The van der Waals surface area contributed by atoms with Crippen LogP contribution in [0.3, 0.4) is 0 Å². The van der Waals surface area contributed by atoms with Gasteiger partial charge in [-0.1, -0.05) is 65.2 Å². The van der Waals surface area contributed by atoms with E-state index < -0.39 is 6.23 Å². The molecule has 1 aliphatic rings. The molecule has 11 nitrogen and oxygen atoms in total. The summed E-state index contributed by atoms with van der Waals surface area (Å²) in [4.78, 5) is 41.8. The summed E-state index contributed by atoms with van der Waals surface area (Å²) in [7, 11) is 4.25. The van der Waals surface area contributed by atoms with E-state index in [9.17, 15) is 19.5 Å². The van der Waals surface area contributed by atoms with Gasteiger partial charge in [0.2, 0.25) is 17.7 Å². The van der Waals surface area contributed by atoms with Gasteiger partial charge in [0.15, 0.2) is 0 Å². The third kappa shape index (κ3) is 36.7. The summed E-state index contributed by atoms with van der Waals surface area (Å²) >= 11 is 3.78. The Hall–Kier alpha value is -1.09. The lowest BCUT2D eigenvalue weighted by Crippen LogP contribution is -2.32. The van der Waals surface area contributed by atoms with Gasteiger partial charge in [-0.3, -0.25) is 19.3 Å². The number of unbranched alkanes of at least 4 members (excludes halogenated alkanes) is 11. The number of aliphatic hydroxyl groups is 1. The molecule has 0 heterocycles. The lowest BCUT2D eigenvalue weighted by atomic mass is 9.93. The lowest BCUT2D eigenvalue weighted by Gasteiger charge is -2.23. The third-order valence-corrected chi connectivity index (χ3v) is 14.4. The number of hydrogen-bond acceptors (Lipinski definition) is 10. The molecule has 372 valence electrons.